The first-order chi connectivity index (χ1) is 13.1. The van der Waals surface area contributed by atoms with Crippen LogP contribution in [0.2, 0.25) is 0 Å². The number of imidazole rings is 1. The van der Waals surface area contributed by atoms with E-state index in [4.69, 9.17) is 0 Å². The molecule has 3 N–H and O–H groups in total. The van der Waals surface area contributed by atoms with Crippen LogP contribution in [0.3, 0.4) is 0 Å². The Hall–Kier alpha value is -3.15. The highest BCUT2D eigenvalue weighted by molar-refractivity contribution is 7.99. The van der Waals surface area contributed by atoms with Gasteiger partial charge in [-0.2, -0.15) is 13.2 Å². The summed E-state index contributed by atoms with van der Waals surface area (Å²) in [5.41, 5.74) is 0.763. The number of amides is 2. The van der Waals surface area contributed by atoms with E-state index in [0.29, 0.717) is 5.56 Å². The molecule has 1 unspecified atom stereocenters. The molecular formula is C16H13F3N4O4S. The lowest BCUT2D eigenvalue weighted by Crippen LogP contribution is -2.40. The number of benzene rings is 1. The molecule has 3 rings (SSSR count). The Bertz CT molecular complexity index is 1030. The van der Waals surface area contributed by atoms with Crippen LogP contribution in [0, 0.1) is 0 Å². The second-order valence-electron chi connectivity index (χ2n) is 5.88. The van der Waals surface area contributed by atoms with Crippen molar-refractivity contribution < 1.29 is 31.2 Å². The molecular weight excluding hydrogens is 401 g/mol. The average molecular weight is 414 g/mol. The highest BCUT2D eigenvalue weighted by Gasteiger charge is 2.40. The van der Waals surface area contributed by atoms with E-state index < -0.39 is 34.1 Å². The molecule has 148 valence electrons. The minimum Gasteiger partial charge on any atom is -0.347 e. The Balaban J connectivity index is 1.81. The summed E-state index contributed by atoms with van der Waals surface area (Å²) in [4.78, 5) is 28.9. The smallest absolute Gasteiger partial charge is 0.347 e. The van der Waals surface area contributed by atoms with Gasteiger partial charge in [0.05, 0.1) is 6.04 Å². The number of aromatic amines is 1. The second kappa shape index (κ2) is 7.11. The summed E-state index contributed by atoms with van der Waals surface area (Å²) in [6, 6.07) is 4.75. The van der Waals surface area contributed by atoms with Gasteiger partial charge in [0.1, 0.15) is 10.7 Å². The lowest BCUT2D eigenvalue weighted by molar-refractivity contribution is -0.174. The molecule has 0 bridgehead atoms. The molecule has 0 saturated carbocycles. The minimum atomic E-state index is -5.04. The molecule has 1 aromatic carbocycles. The summed E-state index contributed by atoms with van der Waals surface area (Å²) in [6.07, 6.45) is -1.38. The van der Waals surface area contributed by atoms with Crippen molar-refractivity contribution in [3.63, 3.8) is 0 Å². The molecule has 0 radical (unpaired) electrons. The van der Waals surface area contributed by atoms with Gasteiger partial charge in [-0.15, -0.1) is 0 Å². The van der Waals surface area contributed by atoms with Crippen LogP contribution in [-0.4, -0.2) is 36.4 Å². The number of H-pyrrole nitrogens is 1. The molecule has 0 fully saturated rings. The quantitative estimate of drug-likeness (QED) is 0.678. The molecule has 12 heteroatoms. The van der Waals surface area contributed by atoms with Gasteiger partial charge in [0.2, 0.25) is 0 Å². The molecule has 1 aliphatic rings. The summed E-state index contributed by atoms with van der Waals surface area (Å²) in [5.74, 6) is -2.72. The van der Waals surface area contributed by atoms with Crippen molar-refractivity contribution in [2.45, 2.75) is 18.6 Å². The maximum Gasteiger partial charge on any atom is 0.471 e. The standard InChI is InChI=1S/C16H13F3N4O4S/c17-16(18,19)15(25)22-11(14-20-5-6-21-14)7-9-1-3-10(4-2-9)12-8-13(24)23-28(12,26)27/h1-6,8,11H,7H2,(H,20,21)(H,22,25)(H,23,24). The van der Waals surface area contributed by atoms with Gasteiger partial charge in [0.25, 0.3) is 15.9 Å². The summed E-state index contributed by atoms with van der Waals surface area (Å²) >= 11 is 0. The van der Waals surface area contributed by atoms with Crippen LogP contribution in [0.25, 0.3) is 4.91 Å². The molecule has 2 aromatic rings. The average Bonchev–Trinajstić information content (AvgIpc) is 3.21. The molecule has 2 amide bonds. The predicted octanol–water partition coefficient (Wildman–Crippen LogP) is 1.17. The number of carbonyl (C=O) groups is 2. The van der Waals surface area contributed by atoms with Gasteiger partial charge in [0, 0.05) is 18.5 Å². The Morgan fingerprint density at radius 2 is 1.89 bits per heavy atom. The number of hydrogen-bond acceptors (Lipinski definition) is 5. The third-order valence-corrected chi connectivity index (χ3v) is 5.28. The Morgan fingerprint density at radius 1 is 1.21 bits per heavy atom. The van der Waals surface area contributed by atoms with E-state index in [2.05, 4.69) is 9.97 Å². The molecule has 1 aliphatic heterocycles. The monoisotopic (exact) mass is 414 g/mol. The lowest BCUT2D eigenvalue weighted by atomic mass is 10.0. The third-order valence-electron chi connectivity index (χ3n) is 3.88. The van der Waals surface area contributed by atoms with Crippen LogP contribution in [0.4, 0.5) is 13.2 Å². The van der Waals surface area contributed by atoms with Gasteiger partial charge >= 0.3 is 12.1 Å². The number of nitrogens with zero attached hydrogens (tertiary/aromatic N) is 1. The van der Waals surface area contributed by atoms with Crippen LogP contribution in [-0.2, 0) is 26.0 Å². The van der Waals surface area contributed by atoms with E-state index in [-0.39, 0.29) is 22.7 Å². The fourth-order valence-electron chi connectivity index (χ4n) is 2.62. The fraction of sp³-hybridized carbons (Fsp3) is 0.188. The van der Waals surface area contributed by atoms with E-state index in [9.17, 15) is 31.2 Å². The number of alkyl halides is 3. The van der Waals surface area contributed by atoms with E-state index >= 15 is 0 Å². The highest BCUT2D eigenvalue weighted by Crippen LogP contribution is 2.26. The predicted molar refractivity (Wildman–Crippen MR) is 90.7 cm³/mol. The zero-order valence-electron chi connectivity index (χ0n) is 13.9. The minimum absolute atomic E-state index is 0.0292. The Labute approximate surface area is 156 Å². The van der Waals surface area contributed by atoms with Gasteiger partial charge in [0.15, 0.2) is 0 Å². The van der Waals surface area contributed by atoms with Crippen molar-refractivity contribution >= 4 is 26.7 Å². The van der Waals surface area contributed by atoms with Crippen LogP contribution < -0.4 is 10.0 Å². The van der Waals surface area contributed by atoms with Crippen molar-refractivity contribution in [1.82, 2.24) is 20.0 Å². The molecule has 2 heterocycles. The van der Waals surface area contributed by atoms with Crippen LogP contribution in [0.5, 0.6) is 0 Å². The molecule has 1 aromatic heterocycles. The maximum absolute atomic E-state index is 12.6. The molecule has 0 spiro atoms. The van der Waals surface area contributed by atoms with E-state index in [1.54, 1.807) is 0 Å². The van der Waals surface area contributed by atoms with Crippen molar-refractivity contribution in [2.24, 2.45) is 0 Å². The number of hydrogen-bond donors (Lipinski definition) is 3. The zero-order valence-corrected chi connectivity index (χ0v) is 14.8. The summed E-state index contributed by atoms with van der Waals surface area (Å²) in [6.45, 7) is 0. The van der Waals surface area contributed by atoms with Crippen molar-refractivity contribution in [3.05, 3.63) is 59.7 Å². The molecule has 28 heavy (non-hydrogen) atoms. The summed E-state index contributed by atoms with van der Waals surface area (Å²) in [7, 11) is -3.93. The lowest BCUT2D eigenvalue weighted by Gasteiger charge is -2.18. The highest BCUT2D eigenvalue weighted by atomic mass is 32.2. The number of aromatic nitrogens is 2. The van der Waals surface area contributed by atoms with E-state index in [1.807, 2.05) is 10.0 Å². The second-order valence-corrected chi connectivity index (χ2v) is 7.53. The molecule has 1 atom stereocenters. The largest absolute Gasteiger partial charge is 0.471 e. The first-order valence-corrected chi connectivity index (χ1v) is 9.29. The first-order valence-electron chi connectivity index (χ1n) is 7.81. The first kappa shape index (κ1) is 19.6. The van der Waals surface area contributed by atoms with E-state index in [1.165, 1.54) is 36.7 Å². The SMILES string of the molecule is O=C1C=C(c2ccc(CC(NC(=O)C(F)(F)F)c3ncc[nH]3)cc2)S(=O)(=O)N1. The summed E-state index contributed by atoms with van der Waals surface area (Å²) in [5, 5.41) is 1.88. The van der Waals surface area contributed by atoms with Crippen LogP contribution in [0.15, 0.2) is 42.7 Å². The molecule has 8 nitrogen and oxygen atoms in total. The van der Waals surface area contributed by atoms with E-state index in [0.717, 1.165) is 6.08 Å². The number of nitrogens with one attached hydrogen (secondary N) is 3. The Kier molecular flexibility index (Phi) is 4.98. The normalized spacial score (nSPS) is 17.0. The van der Waals surface area contributed by atoms with Gasteiger partial charge < -0.3 is 10.3 Å². The van der Waals surface area contributed by atoms with Crippen molar-refractivity contribution in [2.75, 3.05) is 0 Å². The number of rotatable bonds is 5. The van der Waals surface area contributed by atoms with Gasteiger partial charge in [-0.3, -0.25) is 9.59 Å². The summed E-state index contributed by atoms with van der Waals surface area (Å²) < 4.78 is 63.2. The van der Waals surface area contributed by atoms with Crippen molar-refractivity contribution in [1.29, 1.82) is 0 Å². The maximum atomic E-state index is 12.6. The molecule has 0 saturated heterocycles. The van der Waals surface area contributed by atoms with Gasteiger partial charge in [-0.25, -0.2) is 18.1 Å². The van der Waals surface area contributed by atoms with Gasteiger partial charge in [-0.1, -0.05) is 24.3 Å². The molecule has 0 aliphatic carbocycles. The van der Waals surface area contributed by atoms with Crippen LogP contribution >= 0.6 is 0 Å². The van der Waals surface area contributed by atoms with Crippen LogP contribution in [0.1, 0.15) is 23.0 Å². The third kappa shape index (κ3) is 4.22. The fourth-order valence-corrected chi connectivity index (χ4v) is 3.76. The van der Waals surface area contributed by atoms with Crippen molar-refractivity contribution in [3.8, 4) is 0 Å². The zero-order chi connectivity index (χ0) is 20.5. The number of sulfonamides is 1. The number of halogens is 3. The number of carbonyl (C=O) groups excluding carboxylic acids is 2. The topological polar surface area (TPSA) is 121 Å². The Morgan fingerprint density at radius 3 is 2.39 bits per heavy atom. The van der Waals surface area contributed by atoms with Gasteiger partial charge in [-0.05, 0) is 17.5 Å².